The molecule has 1 aromatic carbocycles. The molecule has 0 saturated carbocycles. The van der Waals surface area contributed by atoms with Crippen LogP contribution in [0.1, 0.15) is 0 Å². The average Bonchev–Trinajstić information content (AvgIpc) is 2.22. The molecule has 4 nitrogen and oxygen atoms in total. The molecule has 1 rings (SSSR count). The summed E-state index contributed by atoms with van der Waals surface area (Å²) in [4.78, 5) is -0.174. The van der Waals surface area contributed by atoms with E-state index < -0.39 is 35.0 Å². The van der Waals surface area contributed by atoms with Gasteiger partial charge in [-0.2, -0.15) is 13.2 Å². The summed E-state index contributed by atoms with van der Waals surface area (Å²) < 4.78 is 63.3. The molecule has 0 aliphatic heterocycles. The van der Waals surface area contributed by atoms with Crippen molar-refractivity contribution in [2.75, 3.05) is 24.7 Å². The summed E-state index contributed by atoms with van der Waals surface area (Å²) in [5.41, 5.74) is 5.44. The molecule has 0 unspecified atom stereocenters. The number of sulfone groups is 1. The van der Waals surface area contributed by atoms with Gasteiger partial charge in [0.05, 0.1) is 22.9 Å². The van der Waals surface area contributed by atoms with E-state index in [1.807, 2.05) is 0 Å². The van der Waals surface area contributed by atoms with Crippen LogP contribution in [0, 0.1) is 0 Å². The number of hydrogen-bond acceptors (Lipinski definition) is 4. The van der Waals surface area contributed by atoms with Crippen molar-refractivity contribution in [2.45, 2.75) is 11.1 Å². The molecule has 0 aliphatic rings. The molecule has 0 aliphatic carbocycles. The smallest absolute Gasteiger partial charge is 0.398 e. The zero-order valence-corrected chi connectivity index (χ0v) is 11.1. The Hall–Kier alpha value is -0.990. The molecule has 0 bridgehead atoms. The van der Waals surface area contributed by atoms with Gasteiger partial charge in [0.2, 0.25) is 0 Å². The minimum Gasteiger partial charge on any atom is -0.398 e. The highest BCUT2D eigenvalue weighted by Gasteiger charge is 2.28. The number of rotatable bonds is 5. The first kappa shape index (κ1) is 16.1. The second kappa shape index (κ2) is 5.98. The fraction of sp³-hybridized carbons (Fsp3) is 0.400. The zero-order valence-electron chi connectivity index (χ0n) is 9.58. The minimum absolute atomic E-state index is 0.0525. The SMILES string of the molecule is Nc1cc(Cl)ccc1S(=O)(=O)CCOCC(F)(F)F. The van der Waals surface area contributed by atoms with Crippen molar-refractivity contribution in [3.8, 4) is 0 Å². The molecule has 0 heterocycles. The van der Waals surface area contributed by atoms with Crippen LogP contribution in [-0.2, 0) is 14.6 Å². The lowest BCUT2D eigenvalue weighted by molar-refractivity contribution is -0.172. The number of nitrogen functional groups attached to an aromatic ring is 1. The molecular weight excluding hydrogens is 307 g/mol. The average molecular weight is 318 g/mol. The summed E-state index contributed by atoms with van der Waals surface area (Å²) in [6.45, 7) is -2.05. The molecule has 108 valence electrons. The van der Waals surface area contributed by atoms with Crippen LogP contribution in [0.2, 0.25) is 5.02 Å². The molecule has 1 aromatic rings. The summed E-state index contributed by atoms with van der Waals surface area (Å²) in [5.74, 6) is -0.588. The van der Waals surface area contributed by atoms with E-state index in [0.717, 1.165) is 0 Å². The summed E-state index contributed by atoms with van der Waals surface area (Å²) in [6.07, 6.45) is -4.48. The van der Waals surface area contributed by atoms with Gasteiger partial charge in [0.15, 0.2) is 9.84 Å². The van der Waals surface area contributed by atoms with Crippen molar-refractivity contribution in [3.63, 3.8) is 0 Å². The maximum absolute atomic E-state index is 11.8. The molecule has 0 fully saturated rings. The first-order valence-corrected chi connectivity index (χ1v) is 7.07. The summed E-state index contributed by atoms with van der Waals surface area (Å²) in [6, 6.07) is 3.79. The molecule has 0 amide bonds. The fourth-order valence-electron chi connectivity index (χ4n) is 1.27. The second-order valence-corrected chi connectivity index (χ2v) is 6.18. The second-order valence-electron chi connectivity index (χ2n) is 3.67. The van der Waals surface area contributed by atoms with E-state index in [1.165, 1.54) is 18.2 Å². The number of ether oxygens (including phenoxy) is 1. The monoisotopic (exact) mass is 317 g/mol. The van der Waals surface area contributed by atoms with Crippen LogP contribution in [0.3, 0.4) is 0 Å². The van der Waals surface area contributed by atoms with E-state index >= 15 is 0 Å². The third-order valence-electron chi connectivity index (χ3n) is 2.07. The first-order valence-electron chi connectivity index (χ1n) is 5.04. The van der Waals surface area contributed by atoms with E-state index in [0.29, 0.717) is 0 Å². The normalized spacial score (nSPS) is 12.6. The van der Waals surface area contributed by atoms with Gasteiger partial charge in [0, 0.05) is 5.02 Å². The van der Waals surface area contributed by atoms with Crippen LogP contribution in [0.4, 0.5) is 18.9 Å². The molecule has 0 aromatic heterocycles. The lowest BCUT2D eigenvalue weighted by atomic mass is 10.3. The maximum atomic E-state index is 11.8. The molecule has 9 heteroatoms. The van der Waals surface area contributed by atoms with Crippen molar-refractivity contribution in [3.05, 3.63) is 23.2 Å². The Labute approximate surface area is 113 Å². The number of halogens is 4. The fourth-order valence-corrected chi connectivity index (χ4v) is 2.70. The molecule has 0 saturated heterocycles. The first-order chi connectivity index (χ1) is 8.62. The Morgan fingerprint density at radius 3 is 2.47 bits per heavy atom. The van der Waals surface area contributed by atoms with Crippen molar-refractivity contribution >= 4 is 27.1 Å². The third-order valence-corrected chi connectivity index (χ3v) is 4.05. The Kier molecular flexibility index (Phi) is 5.05. The lowest BCUT2D eigenvalue weighted by Gasteiger charge is -2.09. The number of hydrogen-bond donors (Lipinski definition) is 1. The number of anilines is 1. The van der Waals surface area contributed by atoms with Gasteiger partial charge in [-0.1, -0.05) is 11.6 Å². The number of nitrogens with two attached hydrogens (primary N) is 1. The van der Waals surface area contributed by atoms with Crippen LogP contribution in [0.25, 0.3) is 0 Å². The quantitative estimate of drug-likeness (QED) is 0.668. The summed E-state index contributed by atoms with van der Waals surface area (Å²) >= 11 is 5.62. The molecular formula is C10H11ClF3NO3S. The van der Waals surface area contributed by atoms with Gasteiger partial charge < -0.3 is 10.5 Å². The van der Waals surface area contributed by atoms with Gasteiger partial charge >= 0.3 is 6.18 Å². The highest BCUT2D eigenvalue weighted by Crippen LogP contribution is 2.23. The molecule has 19 heavy (non-hydrogen) atoms. The van der Waals surface area contributed by atoms with E-state index in [1.54, 1.807) is 0 Å². The highest BCUT2D eigenvalue weighted by atomic mass is 35.5. The van der Waals surface area contributed by atoms with Crippen LogP contribution >= 0.6 is 11.6 Å². The zero-order chi connectivity index (χ0) is 14.7. The standard InChI is InChI=1S/C10H11ClF3NO3S/c11-7-1-2-9(8(15)5-7)19(16,17)4-3-18-6-10(12,13)14/h1-2,5H,3-4,6,15H2. The number of benzene rings is 1. The molecule has 0 radical (unpaired) electrons. The van der Waals surface area contributed by atoms with Crippen LogP contribution in [-0.4, -0.2) is 33.6 Å². The Bertz CT molecular complexity index is 545. The molecule has 0 spiro atoms. The van der Waals surface area contributed by atoms with E-state index in [2.05, 4.69) is 4.74 Å². The van der Waals surface area contributed by atoms with Crippen LogP contribution in [0.5, 0.6) is 0 Å². The highest BCUT2D eigenvalue weighted by molar-refractivity contribution is 7.91. The molecule has 2 N–H and O–H groups in total. The Morgan fingerprint density at radius 1 is 1.32 bits per heavy atom. The van der Waals surface area contributed by atoms with E-state index in [9.17, 15) is 21.6 Å². The Morgan fingerprint density at radius 2 is 1.95 bits per heavy atom. The lowest BCUT2D eigenvalue weighted by Crippen LogP contribution is -2.21. The van der Waals surface area contributed by atoms with E-state index in [4.69, 9.17) is 17.3 Å². The number of alkyl halides is 3. The van der Waals surface area contributed by atoms with Gasteiger partial charge in [0.1, 0.15) is 6.61 Å². The van der Waals surface area contributed by atoms with Gasteiger partial charge in [-0.15, -0.1) is 0 Å². The van der Waals surface area contributed by atoms with Crippen molar-refractivity contribution in [1.82, 2.24) is 0 Å². The van der Waals surface area contributed by atoms with E-state index in [-0.39, 0.29) is 15.6 Å². The maximum Gasteiger partial charge on any atom is 0.411 e. The van der Waals surface area contributed by atoms with Gasteiger partial charge in [-0.05, 0) is 18.2 Å². The summed E-state index contributed by atoms with van der Waals surface area (Å²) in [7, 11) is -3.80. The summed E-state index contributed by atoms with van der Waals surface area (Å²) in [5, 5.41) is 0.268. The predicted molar refractivity (Wildman–Crippen MR) is 64.8 cm³/mol. The largest absolute Gasteiger partial charge is 0.411 e. The van der Waals surface area contributed by atoms with Crippen LogP contribution in [0.15, 0.2) is 23.1 Å². The van der Waals surface area contributed by atoms with Gasteiger partial charge in [-0.25, -0.2) is 8.42 Å². The minimum atomic E-state index is -4.48. The predicted octanol–water partition coefficient (Wildman–Crippen LogP) is 2.27. The van der Waals surface area contributed by atoms with Gasteiger partial charge in [0.25, 0.3) is 0 Å². The molecule has 0 atom stereocenters. The van der Waals surface area contributed by atoms with Crippen molar-refractivity contribution in [1.29, 1.82) is 0 Å². The van der Waals surface area contributed by atoms with Crippen molar-refractivity contribution in [2.24, 2.45) is 0 Å². The van der Waals surface area contributed by atoms with Crippen LogP contribution < -0.4 is 5.73 Å². The van der Waals surface area contributed by atoms with Gasteiger partial charge in [-0.3, -0.25) is 0 Å². The topological polar surface area (TPSA) is 69.4 Å². The Balaban J connectivity index is 2.66. The van der Waals surface area contributed by atoms with Crippen molar-refractivity contribution < 1.29 is 26.3 Å². The third kappa shape index (κ3) is 5.25.